The standard InChI is InChI=1S/C23H30N2O7/c1-7-30-19-11-18(15-8-9-17(29-6)13(2)20(15)24-19)31-14-10-16(21(26)27)25(12-14)22(28)32-23(3,4)5/h8-9,11,14,16H,7,10,12H2,1-6H3,(H,26,27)/t14-,16?/m1/s1. The molecule has 2 atom stereocenters. The van der Waals surface area contributed by atoms with E-state index in [1.165, 1.54) is 4.90 Å². The lowest BCUT2D eigenvalue weighted by molar-refractivity contribution is -0.142. The van der Waals surface area contributed by atoms with E-state index in [1.807, 2.05) is 26.0 Å². The van der Waals surface area contributed by atoms with Crippen molar-refractivity contribution in [2.24, 2.45) is 0 Å². The molecule has 1 N–H and O–H groups in total. The van der Waals surface area contributed by atoms with Gasteiger partial charge in [-0.15, -0.1) is 0 Å². The van der Waals surface area contributed by atoms with Crippen LogP contribution in [0.25, 0.3) is 10.9 Å². The molecule has 2 aromatic rings. The number of aromatic nitrogens is 1. The predicted molar refractivity (Wildman–Crippen MR) is 118 cm³/mol. The number of carboxylic acid groups (broad SMARTS) is 1. The predicted octanol–water partition coefficient (Wildman–Crippen LogP) is 3.79. The van der Waals surface area contributed by atoms with Crippen LogP contribution in [0.15, 0.2) is 18.2 Å². The van der Waals surface area contributed by atoms with Gasteiger partial charge in [-0.2, -0.15) is 0 Å². The van der Waals surface area contributed by atoms with Gasteiger partial charge in [0, 0.05) is 23.4 Å². The summed E-state index contributed by atoms with van der Waals surface area (Å²) in [6, 6.07) is 4.32. The van der Waals surface area contributed by atoms with E-state index in [9.17, 15) is 14.7 Å². The van der Waals surface area contributed by atoms with E-state index >= 15 is 0 Å². The molecule has 9 nitrogen and oxygen atoms in total. The fourth-order valence-electron chi connectivity index (χ4n) is 3.72. The molecular formula is C23H30N2O7. The summed E-state index contributed by atoms with van der Waals surface area (Å²) in [5, 5.41) is 10.4. The van der Waals surface area contributed by atoms with Gasteiger partial charge in [0.25, 0.3) is 0 Å². The lowest BCUT2D eigenvalue weighted by Crippen LogP contribution is -2.43. The average Bonchev–Trinajstić information content (AvgIpc) is 3.12. The van der Waals surface area contributed by atoms with Gasteiger partial charge in [0.1, 0.15) is 29.2 Å². The third kappa shape index (κ3) is 4.98. The molecule has 1 aliphatic heterocycles. The Labute approximate surface area is 187 Å². The van der Waals surface area contributed by atoms with Gasteiger partial charge in [-0.25, -0.2) is 14.6 Å². The molecule has 1 fully saturated rings. The van der Waals surface area contributed by atoms with Crippen molar-refractivity contribution in [1.82, 2.24) is 9.88 Å². The maximum atomic E-state index is 12.6. The number of likely N-dealkylation sites (tertiary alicyclic amines) is 1. The molecular weight excluding hydrogens is 416 g/mol. The Morgan fingerprint density at radius 2 is 1.97 bits per heavy atom. The van der Waals surface area contributed by atoms with Crippen LogP contribution in [0.1, 0.15) is 39.7 Å². The zero-order chi connectivity index (χ0) is 23.6. The van der Waals surface area contributed by atoms with E-state index in [2.05, 4.69) is 4.98 Å². The quantitative estimate of drug-likeness (QED) is 0.714. The van der Waals surface area contributed by atoms with Crippen LogP contribution in [0.5, 0.6) is 17.4 Å². The summed E-state index contributed by atoms with van der Waals surface area (Å²) in [5.74, 6) is 0.483. The van der Waals surface area contributed by atoms with E-state index in [1.54, 1.807) is 33.9 Å². The van der Waals surface area contributed by atoms with Crippen molar-refractivity contribution in [3.05, 3.63) is 23.8 Å². The fraction of sp³-hybridized carbons (Fsp3) is 0.522. The number of rotatable bonds is 6. The Bertz CT molecular complexity index is 1020. The number of carbonyl (C=O) groups excluding carboxylic acids is 1. The maximum absolute atomic E-state index is 12.6. The van der Waals surface area contributed by atoms with Gasteiger partial charge in [0.15, 0.2) is 0 Å². The lowest BCUT2D eigenvalue weighted by Gasteiger charge is -2.26. The highest BCUT2D eigenvalue weighted by atomic mass is 16.6. The highest BCUT2D eigenvalue weighted by molar-refractivity contribution is 5.90. The second kappa shape index (κ2) is 9.10. The summed E-state index contributed by atoms with van der Waals surface area (Å²) in [6.45, 7) is 9.48. The van der Waals surface area contributed by atoms with Gasteiger partial charge >= 0.3 is 12.1 Å². The molecule has 9 heteroatoms. The number of carboxylic acids is 1. The number of ether oxygens (including phenoxy) is 4. The minimum Gasteiger partial charge on any atom is -0.496 e. The van der Waals surface area contributed by atoms with Crippen LogP contribution < -0.4 is 14.2 Å². The van der Waals surface area contributed by atoms with Gasteiger partial charge in [-0.1, -0.05) is 0 Å². The van der Waals surface area contributed by atoms with Crippen LogP contribution in [0.4, 0.5) is 4.79 Å². The molecule has 2 heterocycles. The normalized spacial score (nSPS) is 18.5. The molecule has 1 aliphatic rings. The summed E-state index contributed by atoms with van der Waals surface area (Å²) in [7, 11) is 1.59. The molecule has 0 saturated carbocycles. The van der Waals surface area contributed by atoms with E-state index in [0.29, 0.717) is 29.5 Å². The van der Waals surface area contributed by atoms with Crippen molar-refractivity contribution in [3.8, 4) is 17.4 Å². The number of nitrogens with zero attached hydrogens (tertiary/aromatic N) is 2. The Balaban J connectivity index is 1.93. The summed E-state index contributed by atoms with van der Waals surface area (Å²) in [5.41, 5.74) is 0.771. The Kier molecular flexibility index (Phi) is 6.66. The van der Waals surface area contributed by atoms with Crippen LogP contribution in [-0.2, 0) is 9.53 Å². The smallest absolute Gasteiger partial charge is 0.411 e. The van der Waals surface area contributed by atoms with E-state index < -0.39 is 29.8 Å². The van der Waals surface area contributed by atoms with E-state index in [0.717, 1.165) is 10.9 Å². The SMILES string of the molecule is CCOc1cc(O[C@@H]2CC(C(=O)O)N(C(=O)OC(C)(C)C)C2)c2ccc(OC)c(C)c2n1. The van der Waals surface area contributed by atoms with Gasteiger partial charge < -0.3 is 24.1 Å². The number of hydrogen-bond donors (Lipinski definition) is 1. The third-order valence-corrected chi connectivity index (χ3v) is 5.10. The minimum atomic E-state index is -1.10. The highest BCUT2D eigenvalue weighted by Gasteiger charge is 2.43. The van der Waals surface area contributed by atoms with Crippen molar-refractivity contribution in [2.75, 3.05) is 20.3 Å². The van der Waals surface area contributed by atoms with Crippen molar-refractivity contribution < 1.29 is 33.6 Å². The summed E-state index contributed by atoms with van der Waals surface area (Å²) in [4.78, 5) is 30.2. The molecule has 0 radical (unpaired) electrons. The van der Waals surface area contributed by atoms with Crippen LogP contribution >= 0.6 is 0 Å². The van der Waals surface area contributed by atoms with Crippen LogP contribution in [0, 0.1) is 6.92 Å². The summed E-state index contributed by atoms with van der Waals surface area (Å²) in [6.07, 6.45) is -1.07. The molecule has 32 heavy (non-hydrogen) atoms. The van der Waals surface area contributed by atoms with Crippen molar-refractivity contribution in [3.63, 3.8) is 0 Å². The summed E-state index contributed by atoms with van der Waals surface area (Å²) >= 11 is 0. The number of aliphatic carboxylic acids is 1. The number of amides is 1. The first-order valence-electron chi connectivity index (χ1n) is 10.5. The highest BCUT2D eigenvalue weighted by Crippen LogP contribution is 2.36. The number of benzene rings is 1. The summed E-state index contributed by atoms with van der Waals surface area (Å²) < 4.78 is 22.6. The number of methoxy groups -OCH3 is 1. The molecule has 1 saturated heterocycles. The molecule has 3 rings (SSSR count). The molecule has 1 amide bonds. The zero-order valence-corrected chi connectivity index (χ0v) is 19.3. The van der Waals surface area contributed by atoms with Crippen molar-refractivity contribution >= 4 is 23.0 Å². The minimum absolute atomic E-state index is 0.0921. The Morgan fingerprint density at radius 3 is 2.56 bits per heavy atom. The molecule has 1 aromatic heterocycles. The number of carbonyl (C=O) groups is 2. The monoisotopic (exact) mass is 446 g/mol. The molecule has 1 unspecified atom stereocenters. The molecule has 0 bridgehead atoms. The first-order valence-corrected chi connectivity index (χ1v) is 10.5. The molecule has 0 spiro atoms. The van der Waals surface area contributed by atoms with E-state index in [4.69, 9.17) is 18.9 Å². The second-order valence-corrected chi connectivity index (χ2v) is 8.64. The zero-order valence-electron chi connectivity index (χ0n) is 19.3. The number of fused-ring (bicyclic) bond motifs is 1. The first-order chi connectivity index (χ1) is 15.0. The average molecular weight is 447 g/mol. The molecule has 174 valence electrons. The van der Waals surface area contributed by atoms with Gasteiger partial charge in [0.2, 0.25) is 5.88 Å². The molecule has 1 aromatic carbocycles. The number of pyridine rings is 1. The van der Waals surface area contributed by atoms with Gasteiger partial charge in [-0.05, 0) is 46.8 Å². The third-order valence-electron chi connectivity index (χ3n) is 5.10. The van der Waals surface area contributed by atoms with Gasteiger partial charge in [0.05, 0.1) is 25.8 Å². The second-order valence-electron chi connectivity index (χ2n) is 8.64. The van der Waals surface area contributed by atoms with Crippen LogP contribution in [0.3, 0.4) is 0 Å². The maximum Gasteiger partial charge on any atom is 0.411 e. The van der Waals surface area contributed by atoms with Gasteiger partial charge in [-0.3, -0.25) is 4.90 Å². The topological polar surface area (TPSA) is 107 Å². The number of aryl methyl sites for hydroxylation is 1. The van der Waals surface area contributed by atoms with Crippen molar-refractivity contribution in [2.45, 2.75) is 58.8 Å². The molecule has 0 aliphatic carbocycles. The van der Waals surface area contributed by atoms with Crippen LogP contribution in [0.2, 0.25) is 0 Å². The first kappa shape index (κ1) is 23.4. The van der Waals surface area contributed by atoms with Crippen molar-refractivity contribution in [1.29, 1.82) is 0 Å². The largest absolute Gasteiger partial charge is 0.496 e. The fourth-order valence-corrected chi connectivity index (χ4v) is 3.72. The Hall–Kier alpha value is -3.23. The lowest BCUT2D eigenvalue weighted by atomic mass is 10.1. The number of hydrogen-bond acceptors (Lipinski definition) is 7. The van der Waals surface area contributed by atoms with E-state index in [-0.39, 0.29) is 13.0 Å². The van der Waals surface area contributed by atoms with Crippen LogP contribution in [-0.4, -0.2) is 65.1 Å². The Morgan fingerprint density at radius 1 is 1.25 bits per heavy atom.